The first-order valence-electron chi connectivity index (χ1n) is 16.8. The molecular weight excluding hydrogens is 671 g/mol. The molecule has 0 bridgehead atoms. The van der Waals surface area contributed by atoms with E-state index in [2.05, 4.69) is 30.9 Å². The maximum atomic E-state index is 14.0. The van der Waals surface area contributed by atoms with Gasteiger partial charge in [0.25, 0.3) is 5.91 Å². The van der Waals surface area contributed by atoms with E-state index >= 15 is 0 Å². The highest BCUT2D eigenvalue weighted by molar-refractivity contribution is 5.98. The van der Waals surface area contributed by atoms with Crippen LogP contribution in [0.1, 0.15) is 68.3 Å². The molecule has 4 atom stereocenters. The largest absolute Gasteiger partial charge is 0.463 e. The number of carbonyl (C=O) groups is 5. The average Bonchev–Trinajstić information content (AvgIpc) is 3.59. The van der Waals surface area contributed by atoms with Crippen molar-refractivity contribution in [1.29, 1.82) is 0 Å². The third-order valence-corrected chi connectivity index (χ3v) is 8.30. The van der Waals surface area contributed by atoms with Crippen molar-refractivity contribution < 1.29 is 46.4 Å². The number of piperidine rings is 1. The van der Waals surface area contributed by atoms with E-state index in [0.29, 0.717) is 24.6 Å². The Bertz CT molecular complexity index is 1730. The lowest BCUT2D eigenvalue weighted by Crippen LogP contribution is -2.56. The number of alkyl halides is 3. The SMILES string of the molecule is CCOC(=O)/C=C/C(C[C@@H]1CCCNC1=O)NC(=O)[C@H](CC(C)C)NC(=O)[C@H](Cc1cccc2ccccc12)NC(=O)c1cc(C(F)(F)F)on1. The molecule has 15 heteroatoms. The first-order valence-corrected chi connectivity index (χ1v) is 16.8. The summed E-state index contributed by atoms with van der Waals surface area (Å²) in [5.74, 6) is -5.26. The quantitative estimate of drug-likeness (QED) is 0.134. The highest BCUT2D eigenvalue weighted by Crippen LogP contribution is 2.29. The summed E-state index contributed by atoms with van der Waals surface area (Å²) in [5, 5.41) is 15.7. The monoisotopic (exact) mass is 713 g/mol. The molecule has 3 aromatic rings. The van der Waals surface area contributed by atoms with Gasteiger partial charge >= 0.3 is 12.1 Å². The topological polar surface area (TPSA) is 169 Å². The van der Waals surface area contributed by atoms with Crippen molar-refractivity contribution in [2.75, 3.05) is 13.2 Å². The second kappa shape index (κ2) is 17.6. The van der Waals surface area contributed by atoms with Gasteiger partial charge in [0.15, 0.2) is 5.69 Å². The summed E-state index contributed by atoms with van der Waals surface area (Å²) in [6, 6.07) is 9.92. The summed E-state index contributed by atoms with van der Waals surface area (Å²) in [7, 11) is 0. The minimum atomic E-state index is -4.88. The maximum Gasteiger partial charge on any atom is 0.452 e. The number of halogens is 3. The highest BCUT2D eigenvalue weighted by atomic mass is 19.4. The Kier molecular flexibility index (Phi) is 13.3. The number of carbonyl (C=O) groups excluding carboxylic acids is 5. The summed E-state index contributed by atoms with van der Waals surface area (Å²) in [5.41, 5.74) is -0.0260. The van der Waals surface area contributed by atoms with Gasteiger partial charge in [-0.3, -0.25) is 19.2 Å². The van der Waals surface area contributed by atoms with E-state index in [1.165, 1.54) is 12.2 Å². The third kappa shape index (κ3) is 11.1. The van der Waals surface area contributed by atoms with Crippen molar-refractivity contribution in [3.63, 3.8) is 0 Å². The van der Waals surface area contributed by atoms with Gasteiger partial charge in [-0.2, -0.15) is 13.2 Å². The summed E-state index contributed by atoms with van der Waals surface area (Å²) < 4.78 is 48.8. The molecule has 51 heavy (non-hydrogen) atoms. The average molecular weight is 714 g/mol. The first kappa shape index (κ1) is 38.6. The molecule has 0 radical (unpaired) electrons. The molecule has 1 fully saturated rings. The van der Waals surface area contributed by atoms with Crippen molar-refractivity contribution in [2.24, 2.45) is 11.8 Å². The first-order chi connectivity index (χ1) is 24.2. The number of ether oxygens (including phenoxy) is 1. The zero-order valence-electron chi connectivity index (χ0n) is 28.5. The number of rotatable bonds is 15. The minimum Gasteiger partial charge on any atom is -0.463 e. The van der Waals surface area contributed by atoms with E-state index < -0.39 is 65.4 Å². The normalized spacial score (nSPS) is 16.7. The van der Waals surface area contributed by atoms with E-state index in [1.807, 2.05) is 38.1 Å². The fraction of sp³-hybridized carbons (Fsp3) is 0.444. The molecule has 4 rings (SSSR count). The van der Waals surface area contributed by atoms with Crippen LogP contribution in [0, 0.1) is 11.8 Å². The number of fused-ring (bicyclic) bond motifs is 1. The molecule has 0 spiro atoms. The Morgan fingerprint density at radius 2 is 1.76 bits per heavy atom. The second-order valence-electron chi connectivity index (χ2n) is 12.7. The van der Waals surface area contributed by atoms with Crippen LogP contribution in [-0.2, 0) is 36.5 Å². The fourth-order valence-electron chi connectivity index (χ4n) is 5.84. The molecule has 2 aromatic carbocycles. The van der Waals surface area contributed by atoms with Gasteiger partial charge in [0.1, 0.15) is 12.1 Å². The number of aromatic nitrogens is 1. The molecular formula is C36H42F3N5O7. The summed E-state index contributed by atoms with van der Waals surface area (Å²) >= 11 is 0. The molecule has 4 N–H and O–H groups in total. The van der Waals surface area contributed by atoms with E-state index in [4.69, 9.17) is 4.74 Å². The molecule has 1 aliphatic rings. The Morgan fingerprint density at radius 3 is 2.45 bits per heavy atom. The van der Waals surface area contributed by atoms with Crippen LogP contribution in [0.5, 0.6) is 0 Å². The van der Waals surface area contributed by atoms with Crippen LogP contribution in [0.4, 0.5) is 13.2 Å². The molecule has 1 aliphatic heterocycles. The van der Waals surface area contributed by atoms with Crippen LogP contribution in [-0.4, -0.2) is 66.0 Å². The zero-order valence-corrected chi connectivity index (χ0v) is 28.5. The fourth-order valence-corrected chi connectivity index (χ4v) is 5.84. The van der Waals surface area contributed by atoms with Crippen molar-refractivity contribution in [3.05, 3.63) is 77.7 Å². The summed E-state index contributed by atoms with van der Waals surface area (Å²) in [4.78, 5) is 65.6. The van der Waals surface area contributed by atoms with Gasteiger partial charge in [0.05, 0.1) is 6.61 Å². The third-order valence-electron chi connectivity index (χ3n) is 8.30. The standard InChI is InChI=1S/C36H42F3N5O7/c1-4-50-31(45)15-14-25(18-24-12-8-16-40-32(24)46)41-33(47)27(17-21(2)3)42-34(48)28(19-23-11-7-10-22-9-5-6-13-26(22)23)43-35(49)29-20-30(51-44-29)36(37,38)39/h5-7,9-11,13-15,20-21,24-25,27-28H,4,8,12,16-19H2,1-3H3,(H,40,46)(H,41,47)(H,42,48)(H,43,49)/b15-14+/t24-,25?,27-,28-/m0/s1. The predicted octanol–water partition coefficient (Wildman–Crippen LogP) is 4.24. The van der Waals surface area contributed by atoms with Crippen LogP contribution < -0.4 is 21.3 Å². The van der Waals surface area contributed by atoms with Gasteiger partial charge in [-0.25, -0.2) is 4.79 Å². The number of nitrogens with zero attached hydrogens (tertiary/aromatic N) is 1. The molecule has 12 nitrogen and oxygen atoms in total. The van der Waals surface area contributed by atoms with Crippen molar-refractivity contribution >= 4 is 40.4 Å². The highest BCUT2D eigenvalue weighted by Gasteiger charge is 2.37. The number of hydrogen-bond acceptors (Lipinski definition) is 8. The van der Waals surface area contributed by atoms with Crippen LogP contribution >= 0.6 is 0 Å². The van der Waals surface area contributed by atoms with E-state index in [-0.39, 0.29) is 37.7 Å². The lowest BCUT2D eigenvalue weighted by Gasteiger charge is -2.28. The van der Waals surface area contributed by atoms with E-state index in [1.54, 1.807) is 25.1 Å². The van der Waals surface area contributed by atoms with Crippen LogP contribution in [0.2, 0.25) is 0 Å². The minimum absolute atomic E-state index is 0.0827. The lowest BCUT2D eigenvalue weighted by atomic mass is 9.91. The van der Waals surface area contributed by atoms with Crippen molar-refractivity contribution in [1.82, 2.24) is 26.4 Å². The van der Waals surface area contributed by atoms with Gasteiger partial charge in [-0.05, 0) is 54.9 Å². The second-order valence-corrected chi connectivity index (χ2v) is 12.7. The van der Waals surface area contributed by atoms with Gasteiger partial charge < -0.3 is 30.5 Å². The van der Waals surface area contributed by atoms with Gasteiger partial charge in [-0.1, -0.05) is 67.5 Å². The predicted molar refractivity (Wildman–Crippen MR) is 180 cm³/mol. The van der Waals surface area contributed by atoms with Crippen molar-refractivity contribution in [3.8, 4) is 0 Å². The number of nitrogens with one attached hydrogen (secondary N) is 4. The number of amides is 4. The summed E-state index contributed by atoms with van der Waals surface area (Å²) in [6.45, 7) is 6.02. The van der Waals surface area contributed by atoms with Crippen molar-refractivity contribution in [2.45, 2.75) is 77.2 Å². The number of esters is 1. The summed E-state index contributed by atoms with van der Waals surface area (Å²) in [6.07, 6.45) is -0.648. The molecule has 1 unspecified atom stereocenters. The molecule has 2 heterocycles. The van der Waals surface area contributed by atoms with E-state index in [9.17, 15) is 37.1 Å². The smallest absolute Gasteiger partial charge is 0.452 e. The molecule has 0 aliphatic carbocycles. The Hall–Kier alpha value is -5.21. The van der Waals surface area contributed by atoms with Gasteiger partial charge in [0.2, 0.25) is 23.5 Å². The Labute approximate surface area is 292 Å². The maximum absolute atomic E-state index is 14.0. The molecule has 1 saturated heterocycles. The van der Waals surface area contributed by atoms with Crippen LogP contribution in [0.3, 0.4) is 0 Å². The van der Waals surface area contributed by atoms with Gasteiger partial charge in [0, 0.05) is 37.1 Å². The molecule has 274 valence electrons. The molecule has 0 saturated carbocycles. The van der Waals surface area contributed by atoms with Gasteiger partial charge in [-0.15, -0.1) is 0 Å². The molecule has 4 amide bonds. The molecule has 1 aromatic heterocycles. The Morgan fingerprint density at radius 1 is 1.04 bits per heavy atom. The van der Waals surface area contributed by atoms with Crippen LogP contribution in [0.15, 0.2) is 65.2 Å². The zero-order chi connectivity index (χ0) is 37.1. The lowest BCUT2D eigenvalue weighted by molar-refractivity contribution is -0.155. The van der Waals surface area contributed by atoms with Crippen LogP contribution in [0.25, 0.3) is 10.8 Å². The number of hydrogen-bond donors (Lipinski definition) is 4. The van der Waals surface area contributed by atoms with E-state index in [0.717, 1.165) is 17.2 Å². The Balaban J connectivity index is 1.60. The number of benzene rings is 2.